The van der Waals surface area contributed by atoms with Crippen LogP contribution >= 0.6 is 55.4 Å². The highest BCUT2D eigenvalue weighted by molar-refractivity contribution is 9.11. The Hall–Kier alpha value is -1.56. The van der Waals surface area contributed by atoms with Crippen LogP contribution in [0.5, 0.6) is 0 Å². The number of thiophene rings is 1. The molecule has 0 saturated heterocycles. The lowest BCUT2D eigenvalue weighted by molar-refractivity contribution is 0.0601. The Morgan fingerprint density at radius 3 is 2.43 bits per heavy atom. The molecule has 2 N–H and O–H groups in total. The van der Waals surface area contributed by atoms with Gasteiger partial charge in [-0.05, 0) is 52.8 Å². The number of nitrogens with one attached hydrogen (secondary N) is 2. The van der Waals surface area contributed by atoms with Crippen molar-refractivity contribution in [3.05, 3.63) is 42.9 Å². The lowest BCUT2D eigenvalue weighted by Gasteiger charge is -2.13. The van der Waals surface area contributed by atoms with E-state index in [4.69, 9.17) is 17.0 Å². The van der Waals surface area contributed by atoms with Crippen molar-refractivity contribution in [2.75, 3.05) is 31.8 Å². The van der Waals surface area contributed by atoms with E-state index in [0.29, 0.717) is 24.4 Å². The second-order valence-electron chi connectivity index (χ2n) is 5.78. The number of amides is 1. The van der Waals surface area contributed by atoms with Crippen LogP contribution in [0.1, 0.15) is 25.6 Å². The molecule has 0 aliphatic carbocycles. The van der Waals surface area contributed by atoms with E-state index in [0.717, 1.165) is 11.3 Å². The zero-order valence-electron chi connectivity index (χ0n) is 15.3. The number of esters is 1. The highest BCUT2D eigenvalue weighted by Crippen LogP contribution is 2.35. The van der Waals surface area contributed by atoms with Gasteiger partial charge in [0.2, 0.25) is 0 Å². The molecule has 2 aromatic rings. The number of carbonyl (C=O) groups excluding carboxylic acids is 2. The molecule has 11 heteroatoms. The summed E-state index contributed by atoms with van der Waals surface area (Å²) in [4.78, 5) is 26.4. The SMILES string of the molecule is COC(=O)c1c(NC(=S)Nc2c(F)cc(Br)cc2Br)sc(C(=O)N(C)C)c1C. The Labute approximate surface area is 187 Å². The predicted molar refractivity (Wildman–Crippen MR) is 120 cm³/mol. The molecule has 0 aliphatic heterocycles. The number of nitrogens with zero attached hydrogens (tertiary/aromatic N) is 1. The van der Waals surface area contributed by atoms with Crippen molar-refractivity contribution in [2.24, 2.45) is 0 Å². The van der Waals surface area contributed by atoms with Gasteiger partial charge < -0.3 is 20.3 Å². The monoisotopic (exact) mass is 551 g/mol. The first-order valence-electron chi connectivity index (χ1n) is 7.72. The van der Waals surface area contributed by atoms with Gasteiger partial charge >= 0.3 is 5.97 Å². The molecule has 0 spiro atoms. The molecule has 6 nitrogen and oxygen atoms in total. The van der Waals surface area contributed by atoms with Crippen LogP contribution in [0.2, 0.25) is 0 Å². The van der Waals surface area contributed by atoms with E-state index in [1.54, 1.807) is 27.1 Å². The fourth-order valence-corrected chi connectivity index (χ4v) is 5.03. The fraction of sp³-hybridized carbons (Fsp3) is 0.235. The van der Waals surface area contributed by atoms with Gasteiger partial charge in [0, 0.05) is 23.0 Å². The first-order chi connectivity index (χ1) is 13.1. The van der Waals surface area contributed by atoms with E-state index in [2.05, 4.69) is 42.5 Å². The van der Waals surface area contributed by atoms with Crippen molar-refractivity contribution in [3.63, 3.8) is 0 Å². The Morgan fingerprint density at radius 1 is 1.25 bits per heavy atom. The van der Waals surface area contributed by atoms with Crippen LogP contribution in [0.15, 0.2) is 21.1 Å². The lowest BCUT2D eigenvalue weighted by atomic mass is 10.1. The van der Waals surface area contributed by atoms with E-state index >= 15 is 0 Å². The van der Waals surface area contributed by atoms with Gasteiger partial charge in [-0.15, -0.1) is 11.3 Å². The maximum absolute atomic E-state index is 14.2. The smallest absolute Gasteiger partial charge is 0.341 e. The summed E-state index contributed by atoms with van der Waals surface area (Å²) in [6, 6.07) is 2.95. The number of hydrogen-bond donors (Lipinski definition) is 2. The van der Waals surface area contributed by atoms with Crippen LogP contribution in [-0.4, -0.2) is 43.1 Å². The predicted octanol–water partition coefficient (Wildman–Crippen LogP) is 5.02. The van der Waals surface area contributed by atoms with Crippen molar-refractivity contribution < 1.29 is 18.7 Å². The molecular formula is C17H16Br2FN3O3S2. The summed E-state index contributed by atoms with van der Waals surface area (Å²) in [6.07, 6.45) is 0. The minimum absolute atomic E-state index is 0.0529. The number of benzene rings is 1. The molecule has 1 aromatic heterocycles. The van der Waals surface area contributed by atoms with E-state index in [1.165, 1.54) is 18.1 Å². The molecule has 1 amide bonds. The normalized spacial score (nSPS) is 10.4. The van der Waals surface area contributed by atoms with Crippen LogP contribution in [-0.2, 0) is 4.74 Å². The number of carbonyl (C=O) groups is 2. The second kappa shape index (κ2) is 9.29. The van der Waals surface area contributed by atoms with Gasteiger partial charge in [-0.3, -0.25) is 4.79 Å². The van der Waals surface area contributed by atoms with Gasteiger partial charge in [-0.25, -0.2) is 9.18 Å². The van der Waals surface area contributed by atoms with E-state index < -0.39 is 11.8 Å². The zero-order valence-corrected chi connectivity index (χ0v) is 20.1. The summed E-state index contributed by atoms with van der Waals surface area (Å²) in [6.45, 7) is 1.66. The Morgan fingerprint density at radius 2 is 1.89 bits per heavy atom. The highest BCUT2D eigenvalue weighted by atomic mass is 79.9. The third kappa shape index (κ3) is 4.88. The molecule has 0 radical (unpaired) electrons. The first kappa shape index (κ1) is 22.7. The Kier molecular flexibility index (Phi) is 7.54. The van der Waals surface area contributed by atoms with Crippen LogP contribution in [0.3, 0.4) is 0 Å². The van der Waals surface area contributed by atoms with Crippen LogP contribution in [0.4, 0.5) is 15.1 Å². The molecule has 0 saturated carbocycles. The topological polar surface area (TPSA) is 70.7 Å². The van der Waals surface area contributed by atoms with Crippen molar-refractivity contribution in [1.29, 1.82) is 0 Å². The first-order valence-corrected chi connectivity index (χ1v) is 10.5. The maximum atomic E-state index is 14.2. The lowest BCUT2D eigenvalue weighted by Crippen LogP contribution is -2.21. The maximum Gasteiger partial charge on any atom is 0.341 e. The molecule has 0 aliphatic rings. The van der Waals surface area contributed by atoms with Crippen LogP contribution in [0, 0.1) is 12.7 Å². The third-order valence-corrected chi connectivity index (χ3v) is 6.09. The van der Waals surface area contributed by atoms with Gasteiger partial charge in [-0.1, -0.05) is 15.9 Å². The van der Waals surface area contributed by atoms with Crippen molar-refractivity contribution in [3.8, 4) is 0 Å². The average molecular weight is 553 g/mol. The molecule has 0 fully saturated rings. The molecule has 0 bridgehead atoms. The van der Waals surface area contributed by atoms with Crippen molar-refractivity contribution >= 4 is 83.1 Å². The molecule has 1 heterocycles. The number of halogens is 3. The summed E-state index contributed by atoms with van der Waals surface area (Å²) in [5, 5.41) is 6.01. The number of methoxy groups -OCH3 is 1. The Balaban J connectivity index is 2.37. The van der Waals surface area contributed by atoms with Gasteiger partial charge in [-0.2, -0.15) is 0 Å². The second-order valence-corrected chi connectivity index (χ2v) is 8.97. The molecule has 0 unspecified atom stereocenters. The van der Waals surface area contributed by atoms with E-state index in [9.17, 15) is 14.0 Å². The highest BCUT2D eigenvalue weighted by Gasteiger charge is 2.26. The molecule has 2 rings (SSSR count). The molecule has 0 atom stereocenters. The fourth-order valence-electron chi connectivity index (χ4n) is 2.27. The Bertz CT molecular complexity index is 940. The molecular weight excluding hydrogens is 537 g/mol. The number of thiocarbonyl (C=S) groups is 1. The average Bonchev–Trinajstić information content (AvgIpc) is 2.92. The van der Waals surface area contributed by atoms with Gasteiger partial charge in [0.05, 0.1) is 23.2 Å². The third-order valence-electron chi connectivity index (χ3n) is 3.61. The van der Waals surface area contributed by atoms with Crippen molar-refractivity contribution in [1.82, 2.24) is 4.90 Å². The molecule has 1 aromatic carbocycles. The number of hydrogen-bond acceptors (Lipinski definition) is 5. The largest absolute Gasteiger partial charge is 0.465 e. The van der Waals surface area contributed by atoms with Gasteiger partial charge in [0.1, 0.15) is 10.8 Å². The van der Waals surface area contributed by atoms with Crippen LogP contribution < -0.4 is 10.6 Å². The zero-order chi connectivity index (χ0) is 21.2. The summed E-state index contributed by atoms with van der Waals surface area (Å²) in [5.41, 5.74) is 0.826. The van der Waals surface area contributed by atoms with Gasteiger partial charge in [0.15, 0.2) is 5.11 Å². The quantitative estimate of drug-likeness (QED) is 0.410. The minimum atomic E-state index is -0.604. The minimum Gasteiger partial charge on any atom is -0.465 e. The summed E-state index contributed by atoms with van der Waals surface area (Å²) in [7, 11) is 4.49. The summed E-state index contributed by atoms with van der Waals surface area (Å²) >= 11 is 12.8. The molecule has 150 valence electrons. The van der Waals surface area contributed by atoms with E-state index in [1.807, 2.05) is 0 Å². The van der Waals surface area contributed by atoms with E-state index in [-0.39, 0.29) is 22.3 Å². The van der Waals surface area contributed by atoms with Crippen LogP contribution in [0.25, 0.3) is 0 Å². The number of ether oxygens (including phenoxy) is 1. The summed E-state index contributed by atoms with van der Waals surface area (Å²) < 4.78 is 20.1. The number of anilines is 2. The van der Waals surface area contributed by atoms with Gasteiger partial charge in [0.25, 0.3) is 5.91 Å². The number of rotatable bonds is 4. The summed E-state index contributed by atoms with van der Waals surface area (Å²) in [5.74, 6) is -1.38. The molecule has 28 heavy (non-hydrogen) atoms. The van der Waals surface area contributed by atoms with Crippen molar-refractivity contribution in [2.45, 2.75) is 6.92 Å². The standard InChI is InChI=1S/C17H16Br2FN3O3S2/c1-7-11(16(25)26-4)14(28-13(7)15(24)23(2)3)22-17(27)21-12-9(19)5-8(18)6-10(12)20/h5-6H,1-4H3,(H2,21,22,27).